The number of methoxy groups -OCH3 is 1. The lowest BCUT2D eigenvalue weighted by Gasteiger charge is -2.50. The second kappa shape index (κ2) is 7.72. The molecule has 0 spiro atoms. The van der Waals surface area contributed by atoms with Gasteiger partial charge in [-0.15, -0.1) is 0 Å². The van der Waals surface area contributed by atoms with Crippen molar-refractivity contribution in [2.24, 2.45) is 17.3 Å². The fraction of sp³-hybridized carbons (Fsp3) is 0.650. The highest BCUT2D eigenvalue weighted by Gasteiger charge is 2.55. The monoisotopic (exact) mass is 394 g/mol. The number of Topliss-reactive ketones (excluding diaryl/α,β-unsaturated/α-hetero) is 1. The zero-order valence-corrected chi connectivity index (χ0v) is 16.5. The Hall–Kier alpha value is -1.12. The molecule has 0 amide bonds. The lowest BCUT2D eigenvalue weighted by Crippen LogP contribution is -2.43. The van der Waals surface area contributed by atoms with E-state index in [2.05, 4.69) is 22.4 Å². The SMILES string of the molecule is COC[C@H]1C[C@@H]2[C@H](CC[C@]3(C)C(=O)CC[C@@H]23)c2ccc(OSOOO)cc21. The van der Waals surface area contributed by atoms with Crippen LogP contribution in [0, 0.1) is 17.3 Å². The highest BCUT2D eigenvalue weighted by Crippen LogP contribution is 2.61. The molecule has 0 heterocycles. The highest BCUT2D eigenvalue weighted by atomic mass is 32.2. The van der Waals surface area contributed by atoms with Crippen molar-refractivity contribution in [3.63, 3.8) is 0 Å². The molecule has 1 aromatic rings. The number of ether oxygens (including phenoxy) is 1. The van der Waals surface area contributed by atoms with Gasteiger partial charge in [0, 0.05) is 24.9 Å². The van der Waals surface area contributed by atoms with Crippen molar-refractivity contribution >= 4 is 18.1 Å². The summed E-state index contributed by atoms with van der Waals surface area (Å²) in [7, 11) is 1.73. The van der Waals surface area contributed by atoms with Gasteiger partial charge >= 0.3 is 0 Å². The Morgan fingerprint density at radius 3 is 2.93 bits per heavy atom. The number of carbonyl (C=O) groups excluding carboxylic acids is 1. The Labute approximate surface area is 163 Å². The van der Waals surface area contributed by atoms with Gasteiger partial charge in [0.25, 0.3) is 12.3 Å². The molecule has 0 unspecified atom stereocenters. The van der Waals surface area contributed by atoms with E-state index in [0.717, 1.165) is 32.1 Å². The predicted molar refractivity (Wildman–Crippen MR) is 100.0 cm³/mol. The second-order valence-electron chi connectivity index (χ2n) is 8.27. The topological polar surface area (TPSA) is 74.2 Å². The third kappa shape index (κ3) is 3.29. The first-order valence-corrected chi connectivity index (χ1v) is 10.2. The first-order chi connectivity index (χ1) is 13.1. The zero-order chi connectivity index (χ0) is 19.0. The van der Waals surface area contributed by atoms with Gasteiger partial charge in [0.2, 0.25) is 0 Å². The summed E-state index contributed by atoms with van der Waals surface area (Å²) >= 11 is 0.566. The van der Waals surface area contributed by atoms with Gasteiger partial charge in [-0.05, 0) is 66.7 Å². The summed E-state index contributed by atoms with van der Waals surface area (Å²) in [4.78, 5) is 12.5. The summed E-state index contributed by atoms with van der Waals surface area (Å²) in [5.74, 6) is 2.91. The Balaban J connectivity index is 1.64. The number of benzene rings is 1. The molecule has 4 rings (SSSR count). The normalized spacial score (nSPS) is 34.7. The number of ketones is 1. The molecule has 6 nitrogen and oxygen atoms in total. The van der Waals surface area contributed by atoms with Crippen molar-refractivity contribution < 1.29 is 28.3 Å². The maximum absolute atomic E-state index is 12.5. The number of fused-ring (bicyclic) bond motifs is 5. The molecule has 3 aliphatic rings. The van der Waals surface area contributed by atoms with E-state index in [0.29, 0.717) is 48.2 Å². The van der Waals surface area contributed by atoms with Gasteiger partial charge in [-0.3, -0.25) is 4.79 Å². The van der Waals surface area contributed by atoms with Crippen molar-refractivity contribution in [2.75, 3.05) is 13.7 Å². The molecule has 0 radical (unpaired) electrons. The first kappa shape index (κ1) is 19.2. The van der Waals surface area contributed by atoms with E-state index in [4.69, 9.17) is 14.2 Å². The Kier molecular flexibility index (Phi) is 5.49. The number of hydrogen-bond donors (Lipinski definition) is 1. The number of carbonyl (C=O) groups is 1. The van der Waals surface area contributed by atoms with Crippen LogP contribution in [0.5, 0.6) is 5.75 Å². The predicted octanol–water partition coefficient (Wildman–Crippen LogP) is 4.66. The first-order valence-electron chi connectivity index (χ1n) is 9.56. The van der Waals surface area contributed by atoms with Crippen molar-refractivity contribution in [1.29, 1.82) is 0 Å². The van der Waals surface area contributed by atoms with Crippen molar-refractivity contribution in [2.45, 2.75) is 50.9 Å². The van der Waals surface area contributed by atoms with Crippen molar-refractivity contribution in [3.8, 4) is 5.75 Å². The van der Waals surface area contributed by atoms with Gasteiger partial charge in [0.05, 0.1) is 6.61 Å². The molecule has 27 heavy (non-hydrogen) atoms. The van der Waals surface area contributed by atoms with Crippen LogP contribution in [0.25, 0.3) is 0 Å². The minimum atomic E-state index is -0.127. The van der Waals surface area contributed by atoms with Crippen LogP contribution in [-0.2, 0) is 18.9 Å². The summed E-state index contributed by atoms with van der Waals surface area (Å²) in [5, 5.41) is 11.8. The zero-order valence-electron chi connectivity index (χ0n) is 15.7. The van der Waals surface area contributed by atoms with Gasteiger partial charge in [0.15, 0.2) is 0 Å². The van der Waals surface area contributed by atoms with Gasteiger partial charge in [0.1, 0.15) is 11.5 Å². The standard InChI is InChI=1S/C20H26O6S/c1-20-8-7-15-14-4-3-13(24-27-26-25-22)10-16(14)12(11-23-2)9-17(15)18(20)5-6-19(20)21/h3-4,10,12,15,17-18,22H,5-9,11H2,1-2H3/t12-,15-,17-,18+,20+/m1/s1. The van der Waals surface area contributed by atoms with Crippen LogP contribution in [-0.4, -0.2) is 24.8 Å². The quantitative estimate of drug-likeness (QED) is 0.325. The van der Waals surface area contributed by atoms with E-state index in [1.165, 1.54) is 11.1 Å². The largest absolute Gasteiger partial charge is 0.399 e. The third-order valence-electron chi connectivity index (χ3n) is 7.16. The van der Waals surface area contributed by atoms with Crippen LogP contribution >= 0.6 is 12.3 Å². The molecule has 0 aliphatic heterocycles. The smallest absolute Gasteiger partial charge is 0.261 e. The van der Waals surface area contributed by atoms with Gasteiger partial charge in [-0.1, -0.05) is 22.4 Å². The van der Waals surface area contributed by atoms with Crippen molar-refractivity contribution in [3.05, 3.63) is 29.3 Å². The van der Waals surface area contributed by atoms with Gasteiger partial charge < -0.3 is 8.92 Å². The molecule has 0 saturated heterocycles. The summed E-state index contributed by atoms with van der Waals surface area (Å²) in [6, 6.07) is 6.10. The van der Waals surface area contributed by atoms with Crippen LogP contribution in [0.2, 0.25) is 0 Å². The van der Waals surface area contributed by atoms with E-state index >= 15 is 0 Å². The van der Waals surface area contributed by atoms with E-state index in [1.54, 1.807) is 7.11 Å². The van der Waals surface area contributed by atoms with Crippen LogP contribution < -0.4 is 4.18 Å². The Morgan fingerprint density at radius 2 is 2.15 bits per heavy atom. The lowest BCUT2D eigenvalue weighted by molar-refractivity contribution is -0.433. The van der Waals surface area contributed by atoms with Gasteiger partial charge in [-0.2, -0.15) is 0 Å². The summed E-state index contributed by atoms with van der Waals surface area (Å²) in [6.07, 6.45) is 4.87. The summed E-state index contributed by atoms with van der Waals surface area (Å²) in [6.45, 7) is 2.85. The Morgan fingerprint density at radius 1 is 1.30 bits per heavy atom. The maximum atomic E-state index is 12.5. The Bertz CT molecular complexity index is 710. The average Bonchev–Trinajstić information content (AvgIpc) is 2.97. The van der Waals surface area contributed by atoms with Crippen LogP contribution in [0.4, 0.5) is 0 Å². The van der Waals surface area contributed by atoms with Gasteiger partial charge in [-0.25, -0.2) is 5.26 Å². The molecule has 0 bridgehead atoms. The average molecular weight is 394 g/mol. The lowest BCUT2D eigenvalue weighted by atomic mass is 9.54. The van der Waals surface area contributed by atoms with Crippen LogP contribution in [0.1, 0.15) is 62.0 Å². The molecule has 148 valence electrons. The van der Waals surface area contributed by atoms with E-state index in [9.17, 15) is 4.79 Å². The van der Waals surface area contributed by atoms with Crippen molar-refractivity contribution in [1.82, 2.24) is 0 Å². The molecule has 2 fully saturated rings. The molecule has 7 heteroatoms. The molecule has 1 N–H and O–H groups in total. The van der Waals surface area contributed by atoms with E-state index in [1.807, 2.05) is 12.1 Å². The molecule has 3 aliphatic carbocycles. The molecule has 1 aromatic carbocycles. The van der Waals surface area contributed by atoms with Crippen LogP contribution in [0.3, 0.4) is 0 Å². The summed E-state index contributed by atoms with van der Waals surface area (Å²) < 4.78 is 15.2. The molecular formula is C20H26O6S. The highest BCUT2D eigenvalue weighted by molar-refractivity contribution is 7.90. The second-order valence-corrected chi connectivity index (χ2v) is 8.71. The van der Waals surface area contributed by atoms with E-state index in [-0.39, 0.29) is 11.3 Å². The maximum Gasteiger partial charge on any atom is 0.261 e. The number of rotatable bonds is 6. The fourth-order valence-electron chi connectivity index (χ4n) is 5.95. The third-order valence-corrected chi connectivity index (χ3v) is 7.53. The molecule has 0 aromatic heterocycles. The molecule has 2 saturated carbocycles. The minimum absolute atomic E-state index is 0.127. The van der Waals surface area contributed by atoms with Crippen LogP contribution in [0.15, 0.2) is 18.2 Å². The minimum Gasteiger partial charge on any atom is -0.399 e. The fourth-order valence-corrected chi connectivity index (χ4v) is 6.18. The summed E-state index contributed by atoms with van der Waals surface area (Å²) in [5.41, 5.74) is 2.50. The number of hydrogen-bond acceptors (Lipinski definition) is 7. The molecular weight excluding hydrogens is 368 g/mol. The molecule has 5 atom stereocenters. The van der Waals surface area contributed by atoms with E-state index < -0.39 is 0 Å².